The third kappa shape index (κ3) is 5.09. The van der Waals surface area contributed by atoms with Crippen LogP contribution in [0.2, 0.25) is 0 Å². The lowest BCUT2D eigenvalue weighted by Crippen LogP contribution is -2.74. The molecular formula is C28H26ClN3O5S. The highest BCUT2D eigenvalue weighted by molar-refractivity contribution is 8.00. The fraction of sp³-hybridized carbons (Fsp3) is 0.250. The Bertz CT molecular complexity index is 1290. The molecule has 8 nitrogen and oxygen atoms in total. The van der Waals surface area contributed by atoms with Gasteiger partial charge in [-0.15, -0.1) is 23.4 Å². The number of nitrogens with two attached hydrogens (primary N) is 1. The summed E-state index contributed by atoms with van der Waals surface area (Å²) in [7, 11) is 0. The lowest BCUT2D eigenvalue weighted by molar-refractivity contribution is -0.156. The molecule has 3 aromatic rings. The number of carbonyl (C=O) groups is 3. The zero-order valence-corrected chi connectivity index (χ0v) is 21.8. The molecule has 2 aliphatic heterocycles. The van der Waals surface area contributed by atoms with Gasteiger partial charge in [0.25, 0.3) is 0 Å². The van der Waals surface area contributed by atoms with E-state index >= 15 is 0 Å². The van der Waals surface area contributed by atoms with Gasteiger partial charge in [-0.05, 0) is 28.8 Å². The summed E-state index contributed by atoms with van der Waals surface area (Å²) in [5, 5.41) is 11.8. The van der Waals surface area contributed by atoms with Crippen LogP contribution < -0.4 is 11.1 Å². The van der Waals surface area contributed by atoms with Gasteiger partial charge in [-0.3, -0.25) is 14.4 Å². The minimum absolute atomic E-state index is 0.0312. The Kier molecular flexibility index (Phi) is 7.34. The molecule has 0 aliphatic carbocycles. The van der Waals surface area contributed by atoms with Crippen molar-refractivity contribution in [2.75, 3.05) is 12.3 Å². The quantitative estimate of drug-likeness (QED) is 0.234. The average Bonchev–Trinajstić information content (AvgIpc) is 2.95. The lowest BCUT2D eigenvalue weighted by Gasteiger charge is -2.52. The van der Waals surface area contributed by atoms with Crippen LogP contribution in [0.3, 0.4) is 0 Å². The maximum Gasteiger partial charge on any atom is 0.330 e. The number of aromatic hydroxyl groups is 1. The molecule has 4 atom stereocenters. The number of nitrogens with zero attached hydrogens (tertiary/aromatic N) is 1. The van der Waals surface area contributed by atoms with E-state index in [0.29, 0.717) is 5.56 Å². The number of ether oxygens (including phenoxy) is 1. The highest BCUT2D eigenvalue weighted by Crippen LogP contribution is 2.42. The molecule has 4 N–H and O–H groups in total. The van der Waals surface area contributed by atoms with Gasteiger partial charge in [0.2, 0.25) is 11.8 Å². The van der Waals surface area contributed by atoms with Crippen molar-refractivity contribution in [3.8, 4) is 5.75 Å². The summed E-state index contributed by atoms with van der Waals surface area (Å²) in [5.74, 6) is -1.20. The first kappa shape index (κ1) is 26.1. The molecule has 0 aromatic heterocycles. The van der Waals surface area contributed by atoms with E-state index in [0.717, 1.165) is 11.1 Å². The second-order valence-electron chi connectivity index (χ2n) is 9.30. The van der Waals surface area contributed by atoms with Gasteiger partial charge in [0, 0.05) is 5.75 Å². The van der Waals surface area contributed by atoms with Gasteiger partial charge in [-0.1, -0.05) is 72.8 Å². The molecule has 2 saturated heterocycles. The summed E-state index contributed by atoms with van der Waals surface area (Å²) >= 11 is 8.10. The number of carbonyl (C=O) groups excluding carboxylic acids is 3. The molecule has 3 unspecified atom stereocenters. The zero-order chi connectivity index (χ0) is 26.9. The number of nitrogens with one attached hydrogen (secondary N) is 1. The van der Waals surface area contributed by atoms with Crippen LogP contribution in [0.5, 0.6) is 5.75 Å². The summed E-state index contributed by atoms with van der Waals surface area (Å²) in [5.41, 5.74) is 8.17. The fourth-order valence-electron chi connectivity index (χ4n) is 4.54. The normalized spacial score (nSPS) is 23.2. The number of benzene rings is 3. The van der Waals surface area contributed by atoms with E-state index in [-0.39, 0.29) is 29.3 Å². The smallest absolute Gasteiger partial charge is 0.330 e. The Morgan fingerprint density at radius 3 is 2.16 bits per heavy atom. The monoisotopic (exact) mass is 551 g/mol. The number of thioether (sulfide) groups is 1. The van der Waals surface area contributed by atoms with Crippen molar-refractivity contribution >= 4 is 41.1 Å². The van der Waals surface area contributed by atoms with Crippen LogP contribution in [-0.2, 0) is 19.1 Å². The highest BCUT2D eigenvalue weighted by Gasteiger charge is 2.57. The number of hydrogen-bond donors (Lipinski definition) is 3. The van der Waals surface area contributed by atoms with Crippen LogP contribution in [0, 0.1) is 0 Å². The topological polar surface area (TPSA) is 122 Å². The van der Waals surface area contributed by atoms with Gasteiger partial charge < -0.3 is 25.8 Å². The Hall–Kier alpha value is -3.53. The Balaban J connectivity index is 1.24. The Labute approximate surface area is 229 Å². The largest absolute Gasteiger partial charge is 0.508 e. The third-order valence-corrected chi connectivity index (χ3v) is 8.77. The number of alkyl halides is 1. The van der Waals surface area contributed by atoms with Crippen molar-refractivity contribution < 1.29 is 24.2 Å². The second kappa shape index (κ2) is 10.7. The molecule has 2 fully saturated rings. The summed E-state index contributed by atoms with van der Waals surface area (Å²) < 4.78 is 5.96. The van der Waals surface area contributed by atoms with Gasteiger partial charge in [0.1, 0.15) is 23.2 Å². The Morgan fingerprint density at radius 2 is 1.58 bits per heavy atom. The summed E-state index contributed by atoms with van der Waals surface area (Å²) in [6.07, 6.45) is -0.649. The molecule has 2 heterocycles. The van der Waals surface area contributed by atoms with Crippen molar-refractivity contribution in [3.05, 3.63) is 102 Å². The molecule has 38 heavy (non-hydrogen) atoms. The van der Waals surface area contributed by atoms with E-state index in [9.17, 15) is 19.5 Å². The van der Waals surface area contributed by atoms with Gasteiger partial charge >= 0.3 is 5.97 Å². The predicted molar refractivity (Wildman–Crippen MR) is 144 cm³/mol. The van der Waals surface area contributed by atoms with E-state index in [1.165, 1.54) is 28.8 Å². The van der Waals surface area contributed by atoms with Crippen molar-refractivity contribution in [1.82, 2.24) is 10.2 Å². The number of β-lactam (4-membered cyclic amide) rings is 1. The maximum absolute atomic E-state index is 13.4. The number of amides is 2. The van der Waals surface area contributed by atoms with E-state index in [1.54, 1.807) is 12.1 Å². The number of phenols is 1. The number of rotatable bonds is 7. The van der Waals surface area contributed by atoms with Crippen molar-refractivity contribution in [1.29, 1.82) is 0 Å². The first-order chi connectivity index (χ1) is 18.3. The van der Waals surface area contributed by atoms with Crippen LogP contribution in [0.1, 0.15) is 28.8 Å². The molecule has 5 rings (SSSR count). The second-order valence-corrected chi connectivity index (χ2v) is 11.1. The van der Waals surface area contributed by atoms with E-state index in [4.69, 9.17) is 22.1 Å². The van der Waals surface area contributed by atoms with Crippen molar-refractivity contribution in [2.45, 2.75) is 28.4 Å². The van der Waals surface area contributed by atoms with E-state index in [1.807, 2.05) is 60.7 Å². The summed E-state index contributed by atoms with van der Waals surface area (Å²) in [6, 6.07) is 23.0. The molecule has 0 radical (unpaired) electrons. The van der Waals surface area contributed by atoms with Crippen LogP contribution in [0.25, 0.3) is 0 Å². The first-order valence-corrected chi connectivity index (χ1v) is 13.5. The fourth-order valence-corrected chi connectivity index (χ4v) is 6.28. The van der Waals surface area contributed by atoms with Crippen LogP contribution in [0.15, 0.2) is 84.9 Å². The van der Waals surface area contributed by atoms with Gasteiger partial charge in [0.05, 0.1) is 6.54 Å². The molecular weight excluding hydrogens is 526 g/mol. The molecule has 0 saturated carbocycles. The number of halogens is 1. The molecule has 10 heteroatoms. The molecule has 2 amide bonds. The van der Waals surface area contributed by atoms with Crippen LogP contribution in [0.4, 0.5) is 0 Å². The SMILES string of the molecule is NC(C(=O)NC1C(=O)N2CC(Cl)(C(=O)OC(c3ccccc3)c3ccccc3)CS[C@H]12)c1ccc(O)cc1. The minimum atomic E-state index is -1.43. The number of hydrogen-bond acceptors (Lipinski definition) is 7. The van der Waals surface area contributed by atoms with Crippen LogP contribution in [-0.4, -0.2) is 56.4 Å². The van der Waals surface area contributed by atoms with E-state index in [2.05, 4.69) is 5.32 Å². The van der Waals surface area contributed by atoms with Crippen LogP contribution >= 0.6 is 23.4 Å². The highest BCUT2D eigenvalue weighted by atomic mass is 35.5. The standard InChI is InChI=1S/C28H26ClN3O5S/c29-28(27(36)37-23(18-7-3-1-4-8-18)19-9-5-2-6-10-19)15-32-25(35)22(26(32)38-16-28)31-24(34)21(30)17-11-13-20(33)14-12-17/h1-14,21-23,26,33H,15-16,30H2,(H,31,34)/t21?,22?,26-,28?/m1/s1. The molecule has 196 valence electrons. The molecule has 0 spiro atoms. The number of phenolic OH excluding ortho intramolecular Hbond substituents is 1. The Morgan fingerprint density at radius 1 is 1.00 bits per heavy atom. The lowest BCUT2D eigenvalue weighted by atomic mass is 9.99. The number of fused-ring (bicyclic) bond motifs is 1. The van der Waals surface area contributed by atoms with Crippen molar-refractivity contribution in [3.63, 3.8) is 0 Å². The van der Waals surface area contributed by atoms with Gasteiger partial charge in [0.15, 0.2) is 11.0 Å². The predicted octanol–water partition coefficient (Wildman–Crippen LogP) is 3.10. The molecule has 2 aliphatic rings. The summed E-state index contributed by atoms with van der Waals surface area (Å²) in [6.45, 7) is -0.0312. The summed E-state index contributed by atoms with van der Waals surface area (Å²) in [4.78, 5) is 39.1. The number of esters is 1. The zero-order valence-electron chi connectivity index (χ0n) is 20.2. The average molecular weight is 552 g/mol. The van der Waals surface area contributed by atoms with Gasteiger partial charge in [-0.25, -0.2) is 0 Å². The van der Waals surface area contributed by atoms with Gasteiger partial charge in [-0.2, -0.15) is 0 Å². The first-order valence-electron chi connectivity index (χ1n) is 12.0. The minimum Gasteiger partial charge on any atom is -0.508 e. The third-order valence-electron chi connectivity index (χ3n) is 6.67. The van der Waals surface area contributed by atoms with E-state index < -0.39 is 34.9 Å². The maximum atomic E-state index is 13.4. The molecule has 0 bridgehead atoms. The van der Waals surface area contributed by atoms with Crippen molar-refractivity contribution in [2.24, 2.45) is 5.73 Å². The molecule has 3 aromatic carbocycles.